The Morgan fingerprint density at radius 3 is 2.52 bits per heavy atom. The normalized spacial score (nSPS) is 27.0. The van der Waals surface area contributed by atoms with Crippen molar-refractivity contribution in [3.05, 3.63) is 0 Å². The minimum Gasteiger partial charge on any atom is -0.381 e. The van der Waals surface area contributed by atoms with E-state index in [1.807, 2.05) is 7.05 Å². The van der Waals surface area contributed by atoms with E-state index in [4.69, 9.17) is 9.47 Å². The van der Waals surface area contributed by atoms with E-state index in [-0.39, 0.29) is 0 Å². The van der Waals surface area contributed by atoms with E-state index >= 15 is 0 Å². The highest BCUT2D eigenvalue weighted by atomic mass is 16.5. The van der Waals surface area contributed by atoms with Crippen molar-refractivity contribution in [1.82, 2.24) is 10.6 Å². The molecule has 0 radical (unpaired) electrons. The molecule has 1 heterocycles. The predicted octanol–water partition coefficient (Wildman–Crippen LogP) is 2.71. The Labute approximate surface area is 141 Å². The summed E-state index contributed by atoms with van der Waals surface area (Å²) in [4.78, 5) is 4.35. The first kappa shape index (κ1) is 18.5. The first-order valence-electron chi connectivity index (χ1n) is 9.48. The van der Waals surface area contributed by atoms with Gasteiger partial charge < -0.3 is 20.1 Å². The molecule has 5 nitrogen and oxygen atoms in total. The topological polar surface area (TPSA) is 54.9 Å². The summed E-state index contributed by atoms with van der Waals surface area (Å²) in [5.74, 6) is 1.88. The van der Waals surface area contributed by atoms with Crippen LogP contribution in [0.4, 0.5) is 0 Å². The zero-order valence-corrected chi connectivity index (χ0v) is 15.0. The van der Waals surface area contributed by atoms with Crippen LogP contribution in [0.3, 0.4) is 0 Å². The van der Waals surface area contributed by atoms with Crippen LogP contribution in [0.15, 0.2) is 4.99 Å². The van der Waals surface area contributed by atoms with Crippen LogP contribution in [0.25, 0.3) is 0 Å². The maximum atomic E-state index is 5.89. The largest absolute Gasteiger partial charge is 0.381 e. The third-order valence-corrected chi connectivity index (χ3v) is 5.12. The predicted molar refractivity (Wildman–Crippen MR) is 94.9 cm³/mol. The van der Waals surface area contributed by atoms with E-state index in [2.05, 4.69) is 22.5 Å². The molecular formula is C18H35N3O2. The third-order valence-electron chi connectivity index (χ3n) is 5.12. The molecular weight excluding hydrogens is 290 g/mol. The molecule has 2 N–H and O–H groups in total. The minimum atomic E-state index is 0.398. The summed E-state index contributed by atoms with van der Waals surface area (Å²) in [5, 5.41) is 6.99. The Morgan fingerprint density at radius 2 is 1.87 bits per heavy atom. The highest BCUT2D eigenvalue weighted by Gasteiger charge is 2.20. The van der Waals surface area contributed by atoms with Gasteiger partial charge in [-0.05, 0) is 50.9 Å². The van der Waals surface area contributed by atoms with Crippen molar-refractivity contribution in [3.63, 3.8) is 0 Å². The third kappa shape index (κ3) is 7.08. The second kappa shape index (κ2) is 10.9. The zero-order chi connectivity index (χ0) is 16.3. The van der Waals surface area contributed by atoms with Crippen LogP contribution in [0.1, 0.15) is 58.3 Å². The molecule has 2 fully saturated rings. The molecule has 2 rings (SSSR count). The van der Waals surface area contributed by atoms with Gasteiger partial charge in [0.2, 0.25) is 0 Å². The lowest BCUT2D eigenvalue weighted by Gasteiger charge is -2.29. The van der Waals surface area contributed by atoms with E-state index in [1.165, 1.54) is 32.1 Å². The molecule has 134 valence electrons. The second-order valence-electron chi connectivity index (χ2n) is 6.81. The number of hydrogen-bond acceptors (Lipinski definition) is 3. The van der Waals surface area contributed by atoms with Gasteiger partial charge >= 0.3 is 0 Å². The summed E-state index contributed by atoms with van der Waals surface area (Å²) < 4.78 is 11.2. The van der Waals surface area contributed by atoms with Gasteiger partial charge in [0, 0.05) is 39.5 Å². The Hall–Kier alpha value is -0.810. The molecule has 23 heavy (non-hydrogen) atoms. The van der Waals surface area contributed by atoms with Crippen molar-refractivity contribution >= 4 is 5.96 Å². The van der Waals surface area contributed by atoms with E-state index in [1.54, 1.807) is 0 Å². The highest BCUT2D eigenvalue weighted by Crippen LogP contribution is 2.26. The number of rotatable bonds is 7. The SMILES string of the molecule is CCC1CCC(NC(=NC)NCCCOC2CCOCC2)CC1. The van der Waals surface area contributed by atoms with E-state index < -0.39 is 0 Å². The van der Waals surface area contributed by atoms with Gasteiger partial charge in [-0.15, -0.1) is 0 Å². The van der Waals surface area contributed by atoms with Crippen LogP contribution in [0, 0.1) is 5.92 Å². The zero-order valence-electron chi connectivity index (χ0n) is 15.0. The van der Waals surface area contributed by atoms with Gasteiger partial charge in [-0.25, -0.2) is 0 Å². The molecule has 0 unspecified atom stereocenters. The Morgan fingerprint density at radius 1 is 1.13 bits per heavy atom. The monoisotopic (exact) mass is 325 g/mol. The molecule has 0 aromatic carbocycles. The van der Waals surface area contributed by atoms with Gasteiger partial charge in [0.1, 0.15) is 0 Å². The number of hydrogen-bond donors (Lipinski definition) is 2. The average Bonchev–Trinajstić information content (AvgIpc) is 2.62. The summed E-state index contributed by atoms with van der Waals surface area (Å²) in [6.45, 7) is 5.73. The molecule has 1 saturated carbocycles. The summed E-state index contributed by atoms with van der Waals surface area (Å²) in [7, 11) is 1.85. The standard InChI is InChI=1S/C18H35N3O2/c1-3-15-5-7-16(8-6-15)21-18(19-2)20-11-4-12-23-17-9-13-22-14-10-17/h15-17H,3-14H2,1-2H3,(H2,19,20,21). The lowest BCUT2D eigenvalue weighted by Crippen LogP contribution is -2.45. The van der Waals surface area contributed by atoms with Gasteiger partial charge in [0.05, 0.1) is 6.10 Å². The molecule has 5 heteroatoms. The van der Waals surface area contributed by atoms with E-state index in [0.29, 0.717) is 12.1 Å². The first-order chi connectivity index (χ1) is 11.3. The summed E-state index contributed by atoms with van der Waals surface area (Å²) >= 11 is 0. The van der Waals surface area contributed by atoms with Crippen LogP contribution in [0.5, 0.6) is 0 Å². The van der Waals surface area contributed by atoms with Crippen molar-refractivity contribution < 1.29 is 9.47 Å². The van der Waals surface area contributed by atoms with Crippen LogP contribution >= 0.6 is 0 Å². The second-order valence-corrected chi connectivity index (χ2v) is 6.81. The van der Waals surface area contributed by atoms with Crippen LogP contribution < -0.4 is 10.6 Å². The fourth-order valence-electron chi connectivity index (χ4n) is 3.47. The fraction of sp³-hybridized carbons (Fsp3) is 0.944. The molecule has 0 spiro atoms. The van der Waals surface area contributed by atoms with Crippen molar-refractivity contribution in [3.8, 4) is 0 Å². The lowest BCUT2D eigenvalue weighted by atomic mass is 9.84. The molecule has 1 saturated heterocycles. The van der Waals surface area contributed by atoms with Gasteiger partial charge in [-0.3, -0.25) is 4.99 Å². The first-order valence-corrected chi connectivity index (χ1v) is 9.48. The summed E-state index contributed by atoms with van der Waals surface area (Å²) in [6, 6.07) is 0.586. The molecule has 0 amide bonds. The molecule has 0 bridgehead atoms. The Bertz CT molecular complexity index is 335. The summed E-state index contributed by atoms with van der Waals surface area (Å²) in [5.41, 5.74) is 0. The maximum Gasteiger partial charge on any atom is 0.191 e. The average molecular weight is 325 g/mol. The molecule has 0 aromatic heterocycles. The van der Waals surface area contributed by atoms with Crippen molar-refractivity contribution in [2.24, 2.45) is 10.9 Å². The van der Waals surface area contributed by atoms with E-state index in [9.17, 15) is 0 Å². The smallest absolute Gasteiger partial charge is 0.191 e. The minimum absolute atomic E-state index is 0.398. The molecule has 0 atom stereocenters. The van der Waals surface area contributed by atoms with Crippen molar-refractivity contribution in [2.45, 2.75) is 70.4 Å². The molecule has 1 aliphatic heterocycles. The van der Waals surface area contributed by atoms with Crippen molar-refractivity contribution in [2.75, 3.05) is 33.4 Å². The van der Waals surface area contributed by atoms with Gasteiger partial charge in [0.25, 0.3) is 0 Å². The Balaban J connectivity index is 1.53. The number of nitrogens with zero attached hydrogens (tertiary/aromatic N) is 1. The van der Waals surface area contributed by atoms with Crippen LogP contribution in [-0.2, 0) is 9.47 Å². The van der Waals surface area contributed by atoms with Crippen LogP contribution in [-0.4, -0.2) is 51.5 Å². The fourth-order valence-corrected chi connectivity index (χ4v) is 3.47. The molecule has 2 aliphatic rings. The Kier molecular flexibility index (Phi) is 8.76. The maximum absolute atomic E-state index is 5.89. The van der Waals surface area contributed by atoms with Gasteiger partial charge in [-0.1, -0.05) is 13.3 Å². The quantitative estimate of drug-likeness (QED) is 0.429. The molecule has 0 aromatic rings. The lowest BCUT2D eigenvalue weighted by molar-refractivity contribution is -0.0320. The number of nitrogens with one attached hydrogen (secondary N) is 2. The molecule has 1 aliphatic carbocycles. The number of guanidine groups is 1. The summed E-state index contributed by atoms with van der Waals surface area (Å²) in [6.07, 6.45) is 10.1. The van der Waals surface area contributed by atoms with Crippen molar-refractivity contribution in [1.29, 1.82) is 0 Å². The number of ether oxygens (including phenoxy) is 2. The van der Waals surface area contributed by atoms with Crippen LogP contribution in [0.2, 0.25) is 0 Å². The van der Waals surface area contributed by atoms with Gasteiger partial charge in [0.15, 0.2) is 5.96 Å². The van der Waals surface area contributed by atoms with E-state index in [0.717, 1.165) is 57.5 Å². The van der Waals surface area contributed by atoms with Gasteiger partial charge in [-0.2, -0.15) is 0 Å². The highest BCUT2D eigenvalue weighted by molar-refractivity contribution is 5.79. The number of aliphatic imine (C=N–C) groups is 1.